The number of nitrogens with two attached hydrogens (primary N) is 1. The quantitative estimate of drug-likeness (QED) is 0.543. The molecule has 1 aliphatic heterocycles. The largest absolute Gasteiger partial charge is 0.383 e. The zero-order chi connectivity index (χ0) is 18.0. The van der Waals surface area contributed by atoms with Gasteiger partial charge in [0.1, 0.15) is 10.4 Å². The van der Waals surface area contributed by atoms with Crippen molar-refractivity contribution in [3.8, 4) is 0 Å². The Balaban J connectivity index is 1.85. The van der Waals surface area contributed by atoms with Crippen molar-refractivity contribution < 1.29 is 4.74 Å². The van der Waals surface area contributed by atoms with E-state index in [0.29, 0.717) is 23.5 Å². The summed E-state index contributed by atoms with van der Waals surface area (Å²) in [7, 11) is 0. The highest BCUT2D eigenvalue weighted by molar-refractivity contribution is 9.18. The van der Waals surface area contributed by atoms with Gasteiger partial charge in [0.05, 0.1) is 30.5 Å². The molecule has 0 aromatic carbocycles. The summed E-state index contributed by atoms with van der Waals surface area (Å²) in [5, 5.41) is 15.1. The summed E-state index contributed by atoms with van der Waals surface area (Å²) in [6.45, 7) is 5.82. The molecule has 3 rings (SSSR count). The molecule has 1 unspecified atom stereocenters. The highest BCUT2D eigenvalue weighted by Crippen LogP contribution is 2.36. The molecule has 7 heteroatoms. The molecule has 1 atom stereocenters. The van der Waals surface area contributed by atoms with E-state index in [-0.39, 0.29) is 10.7 Å². The van der Waals surface area contributed by atoms with Crippen molar-refractivity contribution >= 4 is 37.6 Å². The van der Waals surface area contributed by atoms with Crippen molar-refractivity contribution in [3.63, 3.8) is 0 Å². The number of aromatic nitrogens is 1. The number of halogens is 1. The number of anilines is 2. The van der Waals surface area contributed by atoms with Gasteiger partial charge in [0.2, 0.25) is 0 Å². The minimum atomic E-state index is 0.239. The lowest BCUT2D eigenvalue weighted by Gasteiger charge is -2.33. The third kappa shape index (κ3) is 4.22. The van der Waals surface area contributed by atoms with E-state index in [4.69, 9.17) is 15.9 Å². The second kappa shape index (κ2) is 7.85. The van der Waals surface area contributed by atoms with Crippen molar-refractivity contribution in [2.45, 2.75) is 51.2 Å². The average molecular weight is 408 g/mol. The smallest absolute Gasteiger partial charge is 0.135 e. The van der Waals surface area contributed by atoms with E-state index in [1.807, 2.05) is 6.20 Å². The molecule has 25 heavy (non-hydrogen) atoms. The van der Waals surface area contributed by atoms with Crippen LogP contribution in [0.3, 0.4) is 0 Å². The fraction of sp³-hybridized carbons (Fsp3) is 0.556. The second-order valence-electron chi connectivity index (χ2n) is 7.02. The molecular weight excluding hydrogens is 382 g/mol. The minimum absolute atomic E-state index is 0.239. The lowest BCUT2D eigenvalue weighted by Crippen LogP contribution is -2.50. The van der Waals surface area contributed by atoms with Crippen LogP contribution in [0.4, 0.5) is 11.5 Å². The molecule has 0 saturated carbocycles. The Hall–Kier alpha value is -1.44. The van der Waals surface area contributed by atoms with Crippen molar-refractivity contribution in [1.29, 1.82) is 5.41 Å². The van der Waals surface area contributed by atoms with Crippen molar-refractivity contribution in [3.05, 3.63) is 23.4 Å². The number of nitrogens with one attached hydrogen (secondary N) is 3. The number of nitrogens with zero attached hydrogens (tertiary/aromatic N) is 1. The molecule has 1 aromatic heterocycles. The summed E-state index contributed by atoms with van der Waals surface area (Å²) in [6, 6.07) is 1.26. The van der Waals surface area contributed by atoms with E-state index in [2.05, 4.69) is 51.5 Å². The van der Waals surface area contributed by atoms with E-state index < -0.39 is 0 Å². The highest BCUT2D eigenvalue weighted by Gasteiger charge is 2.25. The average Bonchev–Trinajstić information content (AvgIpc) is 2.51. The van der Waals surface area contributed by atoms with Crippen LogP contribution in [-0.4, -0.2) is 40.9 Å². The Labute approximate surface area is 157 Å². The zero-order valence-electron chi connectivity index (χ0n) is 14.7. The fourth-order valence-electron chi connectivity index (χ4n) is 3.33. The SMILES string of the molecule is CC(C)Nc1c(C2=CCC(NC3COC3)CC2)cnc(N)c1C(=N)Br. The molecular formula is C18H26BrN5O. The first-order valence-electron chi connectivity index (χ1n) is 8.78. The van der Waals surface area contributed by atoms with E-state index in [1.54, 1.807) is 0 Å². The highest BCUT2D eigenvalue weighted by atomic mass is 79.9. The molecule has 1 saturated heterocycles. The fourth-order valence-corrected chi connectivity index (χ4v) is 3.73. The maximum absolute atomic E-state index is 8.02. The maximum atomic E-state index is 8.02. The monoisotopic (exact) mass is 407 g/mol. The second-order valence-corrected chi connectivity index (χ2v) is 7.81. The van der Waals surface area contributed by atoms with Crippen LogP contribution in [0.1, 0.15) is 44.2 Å². The Morgan fingerprint density at radius 1 is 1.40 bits per heavy atom. The summed E-state index contributed by atoms with van der Waals surface area (Å²) in [5.41, 5.74) is 9.89. The Morgan fingerprint density at radius 3 is 2.68 bits per heavy atom. The number of allylic oxidation sites excluding steroid dienone is 1. The summed E-state index contributed by atoms with van der Waals surface area (Å²) >= 11 is 3.27. The van der Waals surface area contributed by atoms with Gasteiger partial charge in [0.15, 0.2) is 0 Å². The number of pyridine rings is 1. The van der Waals surface area contributed by atoms with Crippen molar-refractivity contribution in [2.24, 2.45) is 0 Å². The molecule has 0 radical (unpaired) electrons. The van der Waals surface area contributed by atoms with Crippen LogP contribution >= 0.6 is 15.9 Å². The lowest BCUT2D eigenvalue weighted by atomic mass is 9.89. The molecule has 1 fully saturated rings. The van der Waals surface area contributed by atoms with E-state index >= 15 is 0 Å². The van der Waals surface area contributed by atoms with Crippen LogP contribution in [-0.2, 0) is 4.74 Å². The van der Waals surface area contributed by atoms with Gasteiger partial charge < -0.3 is 21.1 Å². The molecule has 136 valence electrons. The van der Waals surface area contributed by atoms with Crippen LogP contribution in [0.25, 0.3) is 5.57 Å². The number of nitrogen functional groups attached to an aromatic ring is 1. The topological polar surface area (TPSA) is 96.1 Å². The molecule has 1 aromatic rings. The molecule has 6 nitrogen and oxygen atoms in total. The third-order valence-corrected chi connectivity index (χ3v) is 5.02. The van der Waals surface area contributed by atoms with Gasteiger partial charge in [-0.15, -0.1) is 0 Å². The van der Waals surface area contributed by atoms with E-state index in [9.17, 15) is 0 Å². The maximum Gasteiger partial charge on any atom is 0.135 e. The van der Waals surface area contributed by atoms with Crippen LogP contribution < -0.4 is 16.4 Å². The summed E-state index contributed by atoms with van der Waals surface area (Å²) in [6.07, 6.45) is 7.20. The first-order chi connectivity index (χ1) is 12.0. The molecule has 0 bridgehead atoms. The van der Waals surface area contributed by atoms with Crippen LogP contribution in [0.15, 0.2) is 12.3 Å². The number of rotatable bonds is 6. The summed E-state index contributed by atoms with van der Waals surface area (Å²) < 4.78 is 5.49. The Kier molecular flexibility index (Phi) is 5.76. The van der Waals surface area contributed by atoms with Gasteiger partial charge in [0, 0.05) is 23.8 Å². The molecule has 0 spiro atoms. The minimum Gasteiger partial charge on any atom is -0.383 e. The summed E-state index contributed by atoms with van der Waals surface area (Å²) in [4.78, 5) is 4.33. The third-order valence-electron chi connectivity index (χ3n) is 4.63. The summed E-state index contributed by atoms with van der Waals surface area (Å²) in [5.74, 6) is 0.370. The van der Waals surface area contributed by atoms with Gasteiger partial charge in [-0.1, -0.05) is 6.08 Å². The van der Waals surface area contributed by atoms with Crippen LogP contribution in [0.2, 0.25) is 0 Å². The number of hydrogen-bond acceptors (Lipinski definition) is 6. The molecule has 1 aliphatic carbocycles. The Morgan fingerprint density at radius 2 is 2.16 bits per heavy atom. The van der Waals surface area contributed by atoms with Crippen LogP contribution in [0, 0.1) is 5.41 Å². The van der Waals surface area contributed by atoms with Gasteiger partial charge in [-0.05, 0) is 54.6 Å². The van der Waals surface area contributed by atoms with Crippen LogP contribution in [0.5, 0.6) is 0 Å². The normalized spacial score (nSPS) is 21.0. The number of ether oxygens (including phenoxy) is 1. The predicted molar refractivity (Wildman–Crippen MR) is 107 cm³/mol. The molecule has 5 N–H and O–H groups in total. The van der Waals surface area contributed by atoms with E-state index in [0.717, 1.165) is 43.7 Å². The molecule has 2 aliphatic rings. The van der Waals surface area contributed by atoms with Gasteiger partial charge in [-0.25, -0.2) is 4.98 Å². The van der Waals surface area contributed by atoms with Gasteiger partial charge >= 0.3 is 0 Å². The van der Waals surface area contributed by atoms with Gasteiger partial charge in [-0.2, -0.15) is 0 Å². The van der Waals surface area contributed by atoms with Gasteiger partial charge in [-0.3, -0.25) is 5.41 Å². The number of hydrogen-bond donors (Lipinski definition) is 4. The van der Waals surface area contributed by atoms with Crippen molar-refractivity contribution in [1.82, 2.24) is 10.3 Å². The zero-order valence-corrected chi connectivity index (χ0v) is 16.3. The first kappa shape index (κ1) is 18.4. The standard InChI is InChI=1S/C18H26BrN5O/c1-10(2)23-16-14(7-22-18(21)15(16)17(19)20)11-3-5-12(6-4-11)24-13-8-25-9-13/h3,7,10,12-13,20,24H,4-6,8-9H2,1-2H3,(H3,21,22,23). The first-order valence-corrected chi connectivity index (χ1v) is 9.57. The lowest BCUT2D eigenvalue weighted by molar-refractivity contribution is -0.0103. The Bertz CT molecular complexity index is 684. The van der Waals surface area contributed by atoms with E-state index in [1.165, 1.54) is 5.57 Å². The molecule has 2 heterocycles. The molecule has 0 amide bonds. The van der Waals surface area contributed by atoms with Gasteiger partial charge in [0.25, 0.3) is 0 Å². The predicted octanol–water partition coefficient (Wildman–Crippen LogP) is 3.13. The van der Waals surface area contributed by atoms with Crippen molar-refractivity contribution in [2.75, 3.05) is 24.3 Å².